The van der Waals surface area contributed by atoms with E-state index in [2.05, 4.69) is 9.72 Å². The van der Waals surface area contributed by atoms with E-state index >= 15 is 0 Å². The lowest BCUT2D eigenvalue weighted by molar-refractivity contribution is -0.148. The summed E-state index contributed by atoms with van der Waals surface area (Å²) in [7, 11) is 0. The smallest absolute Gasteiger partial charge is 0.340 e. The summed E-state index contributed by atoms with van der Waals surface area (Å²) in [5, 5.41) is 9.14. The number of amides is 1. The van der Waals surface area contributed by atoms with Crippen molar-refractivity contribution in [3.8, 4) is 5.88 Å². The molecule has 0 bridgehead atoms. The molecule has 1 aromatic rings. The van der Waals surface area contributed by atoms with Crippen LogP contribution in [0.3, 0.4) is 0 Å². The lowest BCUT2D eigenvalue weighted by Crippen LogP contribution is -2.45. The molecule has 2 atom stereocenters. The third-order valence-electron chi connectivity index (χ3n) is 4.01. The summed E-state index contributed by atoms with van der Waals surface area (Å²) >= 11 is 0. The van der Waals surface area contributed by atoms with Gasteiger partial charge in [0.15, 0.2) is 6.61 Å². The Kier molecular flexibility index (Phi) is 6.04. The van der Waals surface area contributed by atoms with E-state index in [1.807, 2.05) is 6.92 Å². The van der Waals surface area contributed by atoms with Gasteiger partial charge >= 0.3 is 18.3 Å². The Morgan fingerprint density at radius 3 is 2.62 bits per heavy atom. The van der Waals surface area contributed by atoms with Crippen LogP contribution in [0.5, 0.6) is 5.88 Å². The van der Waals surface area contributed by atoms with Crippen LogP contribution >= 0.6 is 0 Å². The second-order valence-corrected chi connectivity index (χ2v) is 6.32. The highest BCUT2D eigenvalue weighted by atomic mass is 19.3. The molecule has 6 nitrogen and oxygen atoms in total. The van der Waals surface area contributed by atoms with E-state index in [1.54, 1.807) is 0 Å². The van der Waals surface area contributed by atoms with Crippen molar-refractivity contribution in [1.82, 2.24) is 9.88 Å². The molecule has 1 N–H and O–H groups in total. The van der Waals surface area contributed by atoms with Crippen LogP contribution < -0.4 is 4.74 Å². The number of rotatable bonds is 6. The van der Waals surface area contributed by atoms with Gasteiger partial charge in [-0.05, 0) is 18.4 Å². The first-order valence-corrected chi connectivity index (χ1v) is 7.87. The maximum Gasteiger partial charge on any atom is 0.340 e. The van der Waals surface area contributed by atoms with E-state index in [1.165, 1.54) is 11.0 Å². The molecule has 144 valence electrons. The highest BCUT2D eigenvalue weighted by molar-refractivity contribution is 5.94. The summed E-state index contributed by atoms with van der Waals surface area (Å²) in [5.74, 6) is -6.68. The van der Waals surface area contributed by atoms with Crippen molar-refractivity contribution in [2.75, 3.05) is 19.7 Å². The molecule has 2 rings (SSSR count). The van der Waals surface area contributed by atoms with Crippen molar-refractivity contribution < 1.29 is 37.0 Å². The zero-order valence-corrected chi connectivity index (χ0v) is 13.9. The first-order chi connectivity index (χ1) is 12.1. The largest absolute Gasteiger partial charge is 0.481 e. The Bertz CT molecular complexity index is 654. The van der Waals surface area contributed by atoms with Crippen LogP contribution in [0.15, 0.2) is 18.3 Å². The zero-order chi connectivity index (χ0) is 19.5. The minimum Gasteiger partial charge on any atom is -0.481 e. The van der Waals surface area contributed by atoms with Crippen LogP contribution in [0.1, 0.15) is 23.7 Å². The number of halogens is 4. The number of likely N-dealkylation sites (tertiary alicyclic amines) is 1. The summed E-state index contributed by atoms with van der Waals surface area (Å²) in [6.07, 6.45) is -2.30. The molecule has 2 unspecified atom stereocenters. The Morgan fingerprint density at radius 1 is 1.38 bits per heavy atom. The second kappa shape index (κ2) is 7.88. The molecule has 0 spiro atoms. The van der Waals surface area contributed by atoms with Crippen LogP contribution in [0.2, 0.25) is 0 Å². The van der Waals surface area contributed by atoms with Gasteiger partial charge in [0.2, 0.25) is 5.88 Å². The number of hydrogen-bond donors (Lipinski definition) is 1. The molecule has 1 aromatic heterocycles. The number of aliphatic carboxylic acids is 1. The van der Waals surface area contributed by atoms with Gasteiger partial charge in [-0.1, -0.05) is 6.92 Å². The van der Waals surface area contributed by atoms with Gasteiger partial charge in [0.05, 0.1) is 11.5 Å². The molecule has 2 heterocycles. The average molecular weight is 378 g/mol. The molecule has 1 aliphatic rings. The predicted molar refractivity (Wildman–Crippen MR) is 81.5 cm³/mol. The number of carboxylic acid groups (broad SMARTS) is 1. The molecule has 10 heteroatoms. The van der Waals surface area contributed by atoms with E-state index in [4.69, 9.17) is 5.11 Å². The first kappa shape index (κ1) is 19.9. The highest BCUT2D eigenvalue weighted by Crippen LogP contribution is 2.25. The van der Waals surface area contributed by atoms with Gasteiger partial charge in [-0.2, -0.15) is 8.78 Å². The molecule has 0 aliphatic carbocycles. The van der Waals surface area contributed by atoms with E-state index < -0.39 is 36.7 Å². The third-order valence-corrected chi connectivity index (χ3v) is 4.01. The van der Waals surface area contributed by atoms with Crippen LogP contribution in [-0.4, -0.2) is 58.9 Å². The molecule has 0 aromatic carbocycles. The van der Waals surface area contributed by atoms with E-state index in [9.17, 15) is 27.2 Å². The summed E-state index contributed by atoms with van der Waals surface area (Å²) < 4.78 is 54.3. The van der Waals surface area contributed by atoms with Gasteiger partial charge in [-0.3, -0.25) is 9.59 Å². The quantitative estimate of drug-likeness (QED) is 0.770. The summed E-state index contributed by atoms with van der Waals surface area (Å²) in [6.45, 7) is 0.765. The lowest BCUT2D eigenvalue weighted by Gasteiger charge is -2.34. The van der Waals surface area contributed by atoms with Gasteiger partial charge in [0.1, 0.15) is 0 Å². The Labute approximate surface area is 146 Å². The molecule has 1 aliphatic heterocycles. The van der Waals surface area contributed by atoms with Crippen molar-refractivity contribution in [2.24, 2.45) is 11.8 Å². The topological polar surface area (TPSA) is 79.7 Å². The van der Waals surface area contributed by atoms with Gasteiger partial charge in [0.25, 0.3) is 5.91 Å². The molecular weight excluding hydrogens is 360 g/mol. The van der Waals surface area contributed by atoms with E-state index in [-0.39, 0.29) is 23.9 Å². The van der Waals surface area contributed by atoms with Gasteiger partial charge in [0, 0.05) is 25.4 Å². The van der Waals surface area contributed by atoms with Gasteiger partial charge < -0.3 is 14.7 Å². The third kappa shape index (κ3) is 4.83. The number of pyridine rings is 1. The fourth-order valence-electron chi connectivity index (χ4n) is 2.70. The summed E-state index contributed by atoms with van der Waals surface area (Å²) in [5.41, 5.74) is 0.121. The number of alkyl halides is 4. The molecular formula is C16H18F4N2O4. The molecule has 1 saturated heterocycles. The summed E-state index contributed by atoms with van der Waals surface area (Å²) in [4.78, 5) is 28.7. The van der Waals surface area contributed by atoms with Crippen LogP contribution in [0, 0.1) is 11.8 Å². The fourth-order valence-corrected chi connectivity index (χ4v) is 2.70. The van der Waals surface area contributed by atoms with E-state index in [0.717, 1.165) is 12.3 Å². The van der Waals surface area contributed by atoms with Crippen LogP contribution in [0.4, 0.5) is 17.6 Å². The Balaban J connectivity index is 2.01. The highest BCUT2D eigenvalue weighted by Gasteiger charge is 2.41. The number of carbonyl (C=O) groups is 2. The van der Waals surface area contributed by atoms with Crippen molar-refractivity contribution in [3.05, 3.63) is 23.9 Å². The lowest BCUT2D eigenvalue weighted by atomic mass is 9.90. The number of piperidine rings is 1. The van der Waals surface area contributed by atoms with Crippen molar-refractivity contribution in [2.45, 2.75) is 25.7 Å². The zero-order valence-electron chi connectivity index (χ0n) is 13.9. The molecule has 26 heavy (non-hydrogen) atoms. The van der Waals surface area contributed by atoms with Crippen molar-refractivity contribution >= 4 is 11.9 Å². The Hall–Kier alpha value is -2.39. The average Bonchev–Trinajstić information content (AvgIpc) is 2.59. The number of aromatic nitrogens is 1. The molecule has 1 amide bonds. The molecule has 1 fully saturated rings. The van der Waals surface area contributed by atoms with Gasteiger partial charge in [-0.15, -0.1) is 0 Å². The maximum absolute atomic E-state index is 12.8. The van der Waals surface area contributed by atoms with Crippen molar-refractivity contribution in [3.63, 3.8) is 0 Å². The van der Waals surface area contributed by atoms with Crippen LogP contribution in [0.25, 0.3) is 0 Å². The number of nitrogens with zero attached hydrogens (tertiary/aromatic N) is 2. The Morgan fingerprint density at radius 2 is 2.08 bits per heavy atom. The SMILES string of the molecule is CC1CC(C(=O)O)CN(C(=O)c2ccc(OCC(F)(F)C(F)F)nc2)C1. The van der Waals surface area contributed by atoms with Crippen LogP contribution in [-0.2, 0) is 4.79 Å². The maximum atomic E-state index is 12.8. The number of carboxylic acids is 1. The summed E-state index contributed by atoms with van der Waals surface area (Å²) in [6, 6.07) is 2.39. The monoisotopic (exact) mass is 378 g/mol. The normalized spacial score (nSPS) is 20.9. The van der Waals surface area contributed by atoms with E-state index in [0.29, 0.717) is 13.0 Å². The minimum absolute atomic E-state index is 0.0148. The first-order valence-electron chi connectivity index (χ1n) is 7.87. The standard InChI is InChI=1S/C16H18F4N2O4/c1-9-4-11(14(24)25)7-22(6-9)13(23)10-2-3-12(21-5-10)26-8-16(19,20)15(17)18/h2-3,5,9,11,15H,4,6-8H2,1H3,(H,24,25). The molecule has 0 saturated carbocycles. The second-order valence-electron chi connectivity index (χ2n) is 6.32. The number of ether oxygens (including phenoxy) is 1. The van der Waals surface area contributed by atoms with Crippen molar-refractivity contribution in [1.29, 1.82) is 0 Å². The number of carbonyl (C=O) groups excluding carboxylic acids is 1. The predicted octanol–water partition coefficient (Wildman–Crippen LogP) is 2.54. The molecule has 0 radical (unpaired) electrons. The fraction of sp³-hybridized carbons (Fsp3) is 0.562. The number of hydrogen-bond acceptors (Lipinski definition) is 4. The van der Waals surface area contributed by atoms with Gasteiger partial charge in [-0.25, -0.2) is 13.8 Å². The minimum atomic E-state index is -4.30.